The Morgan fingerprint density at radius 3 is 1.03 bits per heavy atom. The van der Waals surface area contributed by atoms with Crippen molar-refractivity contribution < 1.29 is 9.59 Å². The molecule has 2 amide bonds. The van der Waals surface area contributed by atoms with Crippen molar-refractivity contribution in [2.45, 2.75) is 138 Å². The lowest BCUT2D eigenvalue weighted by Gasteiger charge is -2.30. The molecule has 0 aliphatic carbocycles. The van der Waals surface area contributed by atoms with E-state index in [-0.39, 0.29) is 17.4 Å². The standard InChI is InChI=1S/C42H42N2O.C19H21NO2/c1-15-16(2)28(14)40-39(27(15)13)43-41-34-25(11)23(9)32-30-21(7)17(3)19(5)29-20(6)18(4)22(8)31(36(29)30)33-24(10)26(12)35(38(34)37(32)33)42(45)44(40)41;1-8-10(3)14-11(4)9(2)13(6)16-17(14)15(12(8)5)18(21)20(7)19(16)22/h1-14H3;1-7H3. The number of aromatic nitrogens is 2. The summed E-state index contributed by atoms with van der Waals surface area (Å²) in [5.41, 5.74) is 28.5. The number of pyridine rings is 1. The van der Waals surface area contributed by atoms with E-state index < -0.39 is 0 Å². The van der Waals surface area contributed by atoms with Crippen LogP contribution in [-0.2, 0) is 0 Å². The van der Waals surface area contributed by atoms with Gasteiger partial charge in [0, 0.05) is 23.2 Å². The van der Waals surface area contributed by atoms with E-state index in [1.807, 2.05) is 18.2 Å². The molecule has 8 aromatic carbocycles. The fraction of sp³-hybridized carbons (Fsp3) is 0.344. The van der Waals surface area contributed by atoms with E-state index in [1.165, 1.54) is 115 Å². The first-order valence-electron chi connectivity index (χ1n) is 23.9. The molecular weight excluding hydrogens is 823 g/mol. The van der Waals surface area contributed by atoms with Gasteiger partial charge in [-0.1, -0.05) is 0 Å². The number of hydrogen-bond acceptors (Lipinski definition) is 4. The highest BCUT2D eigenvalue weighted by Gasteiger charge is 2.36. The van der Waals surface area contributed by atoms with E-state index in [2.05, 4.69) is 125 Å². The molecule has 0 fully saturated rings. The summed E-state index contributed by atoms with van der Waals surface area (Å²) in [5, 5.41) is 14.3. The number of imidazole rings is 1. The molecule has 2 aromatic heterocycles. The Kier molecular flexibility index (Phi) is 9.33. The molecular formula is C61H63N3O3. The second kappa shape index (κ2) is 14.1. The average Bonchev–Trinajstić information content (AvgIpc) is 3.70. The highest BCUT2D eigenvalue weighted by Crippen LogP contribution is 2.52. The molecule has 1 aliphatic rings. The topological polar surface area (TPSA) is 71.8 Å². The smallest absolute Gasteiger partial charge is 0.265 e. The van der Waals surface area contributed by atoms with Crippen molar-refractivity contribution in [3.05, 3.63) is 133 Å². The van der Waals surface area contributed by atoms with Crippen LogP contribution in [-0.4, -0.2) is 33.1 Å². The molecule has 0 radical (unpaired) electrons. The number of hydrogen-bond donors (Lipinski definition) is 0. The van der Waals surface area contributed by atoms with Gasteiger partial charge in [0.1, 0.15) is 5.65 Å². The monoisotopic (exact) mass is 885 g/mol. The van der Waals surface area contributed by atoms with Crippen molar-refractivity contribution in [3.8, 4) is 0 Å². The highest BCUT2D eigenvalue weighted by molar-refractivity contribution is 6.41. The number of nitrogens with zero attached hydrogens (tertiary/aromatic N) is 3. The van der Waals surface area contributed by atoms with Gasteiger partial charge in [-0.05, 0) is 293 Å². The van der Waals surface area contributed by atoms with Crippen molar-refractivity contribution in [2.75, 3.05) is 7.05 Å². The van der Waals surface area contributed by atoms with Crippen LogP contribution in [0.2, 0.25) is 0 Å². The third-order valence-corrected chi connectivity index (χ3v) is 18.3. The summed E-state index contributed by atoms with van der Waals surface area (Å²) in [6.07, 6.45) is 0. The first kappa shape index (κ1) is 44.4. The quantitative estimate of drug-likeness (QED) is 0.0864. The molecule has 1 aliphatic heterocycles. The van der Waals surface area contributed by atoms with Crippen LogP contribution in [0.5, 0.6) is 0 Å². The van der Waals surface area contributed by atoms with Crippen LogP contribution in [0, 0.1) is 138 Å². The minimum Gasteiger partial charge on any atom is -0.277 e. The molecule has 0 atom stereocenters. The summed E-state index contributed by atoms with van der Waals surface area (Å²) < 4.78 is 1.96. The molecule has 3 heterocycles. The number of carbonyl (C=O) groups excluding carboxylic acids is 2. The first-order valence-corrected chi connectivity index (χ1v) is 23.9. The minimum absolute atomic E-state index is 0.0525. The summed E-state index contributed by atoms with van der Waals surface area (Å²) in [4.78, 5) is 47.0. The number of fused-ring (bicyclic) bond motifs is 6. The van der Waals surface area contributed by atoms with Gasteiger partial charge in [0.05, 0.1) is 27.5 Å². The van der Waals surface area contributed by atoms with Crippen molar-refractivity contribution in [1.82, 2.24) is 14.3 Å². The largest absolute Gasteiger partial charge is 0.277 e. The molecule has 10 aromatic rings. The maximum absolute atomic E-state index is 15.0. The van der Waals surface area contributed by atoms with Crippen molar-refractivity contribution in [2.24, 2.45) is 0 Å². The summed E-state index contributed by atoms with van der Waals surface area (Å²) >= 11 is 0. The van der Waals surface area contributed by atoms with E-state index in [0.717, 1.165) is 82.6 Å². The minimum atomic E-state index is -0.189. The van der Waals surface area contributed by atoms with Crippen LogP contribution in [0.15, 0.2) is 4.79 Å². The number of amides is 2. The molecule has 0 saturated heterocycles. The molecule has 67 heavy (non-hydrogen) atoms. The zero-order valence-electron chi connectivity index (χ0n) is 43.6. The fourth-order valence-corrected chi connectivity index (χ4v) is 12.9. The van der Waals surface area contributed by atoms with E-state index in [9.17, 15) is 9.59 Å². The molecule has 6 nitrogen and oxygen atoms in total. The molecule has 0 unspecified atom stereocenters. The van der Waals surface area contributed by atoms with Crippen LogP contribution >= 0.6 is 0 Å². The summed E-state index contributed by atoms with van der Waals surface area (Å²) in [5.74, 6) is -0.378. The van der Waals surface area contributed by atoms with Gasteiger partial charge in [0.2, 0.25) is 0 Å². The second-order valence-corrected chi connectivity index (χ2v) is 20.7. The lowest BCUT2D eigenvalue weighted by Crippen LogP contribution is -2.38. The van der Waals surface area contributed by atoms with E-state index >= 15 is 4.79 Å². The maximum Gasteiger partial charge on any atom is 0.265 e. The Balaban J connectivity index is 0.000000200. The summed E-state index contributed by atoms with van der Waals surface area (Å²) in [6.45, 7) is 43.6. The van der Waals surface area contributed by atoms with Gasteiger partial charge < -0.3 is 0 Å². The molecule has 6 heteroatoms. The average molecular weight is 886 g/mol. The van der Waals surface area contributed by atoms with Crippen LogP contribution < -0.4 is 5.56 Å². The van der Waals surface area contributed by atoms with Gasteiger partial charge in [-0.25, -0.2) is 4.98 Å². The van der Waals surface area contributed by atoms with Crippen LogP contribution in [0.25, 0.3) is 81.3 Å². The predicted molar refractivity (Wildman–Crippen MR) is 284 cm³/mol. The molecule has 0 saturated carbocycles. The third kappa shape index (κ3) is 5.06. The number of rotatable bonds is 0. The molecule has 11 rings (SSSR count). The van der Waals surface area contributed by atoms with Crippen LogP contribution in [0.1, 0.15) is 132 Å². The van der Waals surface area contributed by atoms with Crippen molar-refractivity contribution >= 4 is 93.1 Å². The molecule has 0 bridgehead atoms. The van der Waals surface area contributed by atoms with Gasteiger partial charge in [0.15, 0.2) is 0 Å². The van der Waals surface area contributed by atoms with Gasteiger partial charge in [-0.2, -0.15) is 0 Å². The number of carbonyl (C=O) groups is 2. The number of aryl methyl sites for hydroxylation is 12. The number of imide groups is 1. The maximum atomic E-state index is 15.0. The summed E-state index contributed by atoms with van der Waals surface area (Å²) in [6, 6.07) is 0. The Morgan fingerprint density at radius 1 is 0.284 bits per heavy atom. The molecule has 340 valence electrons. The van der Waals surface area contributed by atoms with Gasteiger partial charge in [0.25, 0.3) is 17.4 Å². The van der Waals surface area contributed by atoms with Crippen LogP contribution in [0.4, 0.5) is 0 Å². The van der Waals surface area contributed by atoms with E-state index in [1.54, 1.807) is 7.05 Å². The SMILES string of the molecule is Cc1c(C)c(C)c2c(nc3c4c(C)c(C)c5c6c(C)c(C)c(C)c7c(C)c(C)c(C)c(c8c(C)c(C)c(c(=O)n32)c4c85)c76)c1C.Cc1c(C)c2c3c(c(C)c(C)c(C)c3c1C)C(=O)N(C)C2=O. The third-order valence-electron chi connectivity index (χ3n) is 18.3. The lowest BCUT2D eigenvalue weighted by atomic mass is 9.76. The first-order chi connectivity index (χ1) is 31.3. The Hall–Kier alpha value is -6.40. The number of benzene rings is 8. The van der Waals surface area contributed by atoms with Gasteiger partial charge in [-0.3, -0.25) is 23.7 Å². The normalized spacial score (nSPS) is 13.2. The lowest BCUT2D eigenvalue weighted by molar-refractivity contribution is 0.0649. The fourth-order valence-electron chi connectivity index (χ4n) is 12.9. The second-order valence-electron chi connectivity index (χ2n) is 20.7. The predicted octanol–water partition coefficient (Wildman–Crippen LogP) is 14.7. The Labute approximate surface area is 393 Å². The van der Waals surface area contributed by atoms with Crippen molar-refractivity contribution in [1.29, 1.82) is 0 Å². The zero-order chi connectivity index (χ0) is 49.0. The molecule has 0 spiro atoms. The zero-order valence-corrected chi connectivity index (χ0v) is 43.6. The van der Waals surface area contributed by atoms with Crippen LogP contribution in [0.3, 0.4) is 0 Å². The summed E-state index contributed by atoms with van der Waals surface area (Å²) in [7, 11) is 1.57. The van der Waals surface area contributed by atoms with Crippen molar-refractivity contribution in [3.63, 3.8) is 0 Å². The van der Waals surface area contributed by atoms with Gasteiger partial charge >= 0.3 is 0 Å². The molecule has 0 N–H and O–H groups in total. The van der Waals surface area contributed by atoms with E-state index in [0.29, 0.717) is 11.1 Å². The van der Waals surface area contributed by atoms with E-state index in [4.69, 9.17) is 4.98 Å². The highest BCUT2D eigenvalue weighted by atomic mass is 16.2. The van der Waals surface area contributed by atoms with Gasteiger partial charge in [-0.15, -0.1) is 0 Å². The Bertz CT molecular complexity index is 4000. The Morgan fingerprint density at radius 2 is 0.582 bits per heavy atom.